The number of carbonyl (C=O) groups is 1. The number of nitrogens with zero attached hydrogens (tertiary/aromatic N) is 2. The molecule has 35 heavy (non-hydrogen) atoms. The predicted molar refractivity (Wildman–Crippen MR) is 136 cm³/mol. The molecule has 3 aromatic carbocycles. The fourth-order valence-corrected chi connectivity index (χ4v) is 4.27. The Morgan fingerprint density at radius 2 is 1.63 bits per heavy atom. The molecule has 0 radical (unpaired) electrons. The largest absolute Gasteiger partial charge is 0.475 e. The second kappa shape index (κ2) is 8.60. The normalized spacial score (nSPS) is 12.2. The van der Waals surface area contributed by atoms with E-state index in [0.717, 1.165) is 0 Å². The molecule has 1 unspecified atom stereocenters. The number of aromatic nitrogens is 2. The summed E-state index contributed by atoms with van der Waals surface area (Å²) in [4.78, 5) is 38.9. The number of hydrogen-bond donors (Lipinski definition) is 0. The van der Waals surface area contributed by atoms with Crippen molar-refractivity contribution in [3.05, 3.63) is 98.0 Å². The number of carbonyl (C=O) groups excluding carboxylic acids is 1. The molecule has 0 fully saturated rings. The Bertz CT molecular complexity index is 1730. The molecule has 0 saturated carbocycles. The van der Waals surface area contributed by atoms with Gasteiger partial charge in [0.2, 0.25) is 17.0 Å². The first kappa shape index (κ1) is 22.7. The average Bonchev–Trinajstić information content (AvgIpc) is 3.09. The number of imidazole rings is 1. The Morgan fingerprint density at radius 3 is 2.37 bits per heavy atom. The summed E-state index contributed by atoms with van der Waals surface area (Å²) in [5.41, 5.74) is 2.14. The molecule has 0 saturated heterocycles. The highest BCUT2D eigenvalue weighted by Gasteiger charge is 2.24. The van der Waals surface area contributed by atoms with E-state index in [4.69, 9.17) is 20.8 Å². The highest BCUT2D eigenvalue weighted by Crippen LogP contribution is 2.32. The maximum absolute atomic E-state index is 13.4. The minimum atomic E-state index is -0.997. The molecule has 2 aromatic heterocycles. The summed E-state index contributed by atoms with van der Waals surface area (Å²) in [7, 11) is 3.33. The number of ketones is 1. The highest BCUT2D eigenvalue weighted by atomic mass is 35.5. The number of ether oxygens (including phenoxy) is 1. The Kier molecular flexibility index (Phi) is 5.57. The van der Waals surface area contributed by atoms with Crippen molar-refractivity contribution in [1.29, 1.82) is 0 Å². The van der Waals surface area contributed by atoms with Gasteiger partial charge < -0.3 is 9.15 Å². The lowest BCUT2D eigenvalue weighted by atomic mass is 10.1. The third-order valence-electron chi connectivity index (χ3n) is 6.08. The first-order valence-electron chi connectivity index (χ1n) is 10.9. The van der Waals surface area contributed by atoms with E-state index in [1.165, 1.54) is 9.13 Å². The lowest BCUT2D eigenvalue weighted by Crippen LogP contribution is -2.26. The van der Waals surface area contributed by atoms with Gasteiger partial charge in [0.25, 0.3) is 0 Å². The van der Waals surface area contributed by atoms with Gasteiger partial charge in [-0.15, -0.1) is 0 Å². The molecule has 5 aromatic rings. The highest BCUT2D eigenvalue weighted by molar-refractivity contribution is 6.30. The summed E-state index contributed by atoms with van der Waals surface area (Å²) in [6.07, 6.45) is -0.997. The van der Waals surface area contributed by atoms with Gasteiger partial charge in [-0.3, -0.25) is 18.7 Å². The predicted octanol–water partition coefficient (Wildman–Crippen LogP) is 4.95. The molecule has 0 amide bonds. The van der Waals surface area contributed by atoms with E-state index in [2.05, 4.69) is 0 Å². The van der Waals surface area contributed by atoms with Gasteiger partial charge in [0.05, 0.1) is 16.4 Å². The molecular weight excluding hydrogens is 468 g/mol. The van der Waals surface area contributed by atoms with Crippen molar-refractivity contribution in [2.75, 3.05) is 0 Å². The molecular formula is C27H21ClN2O5. The quantitative estimate of drug-likeness (QED) is 0.327. The number of halogens is 1. The number of aryl methyl sites for hydroxylation is 2. The monoisotopic (exact) mass is 488 g/mol. The average molecular weight is 489 g/mol. The van der Waals surface area contributed by atoms with Crippen molar-refractivity contribution >= 4 is 39.4 Å². The van der Waals surface area contributed by atoms with Gasteiger partial charge >= 0.3 is 5.69 Å². The Balaban J connectivity index is 1.58. The van der Waals surface area contributed by atoms with Gasteiger partial charge in [-0.25, -0.2) is 4.79 Å². The van der Waals surface area contributed by atoms with Crippen molar-refractivity contribution in [3.63, 3.8) is 0 Å². The van der Waals surface area contributed by atoms with Crippen LogP contribution in [0.15, 0.2) is 80.7 Å². The fourth-order valence-electron chi connectivity index (χ4n) is 4.15. The lowest BCUT2D eigenvalue weighted by molar-refractivity contribution is 0.0815. The number of rotatable bonds is 5. The van der Waals surface area contributed by atoms with Gasteiger partial charge in [0, 0.05) is 30.2 Å². The third kappa shape index (κ3) is 3.84. The fraction of sp³-hybridized carbons (Fsp3) is 0.148. The summed E-state index contributed by atoms with van der Waals surface area (Å²) in [6.45, 7) is 1.58. The van der Waals surface area contributed by atoms with Gasteiger partial charge in [-0.2, -0.15) is 0 Å². The van der Waals surface area contributed by atoms with Crippen molar-refractivity contribution in [3.8, 4) is 17.1 Å². The zero-order chi connectivity index (χ0) is 24.9. The molecule has 0 aliphatic rings. The van der Waals surface area contributed by atoms with Crippen LogP contribution in [0.4, 0.5) is 0 Å². The number of benzene rings is 3. The van der Waals surface area contributed by atoms with Crippen molar-refractivity contribution in [2.45, 2.75) is 13.0 Å². The van der Waals surface area contributed by atoms with E-state index in [-0.39, 0.29) is 28.4 Å². The number of fused-ring (bicyclic) bond motifs is 2. The number of Topliss-reactive ketones (excluding diaryl/α,β-unsaturated/α-hetero) is 1. The standard InChI is InChI=1S/C27H21ClN2O5/c1-15(23(31)17-10-13-20-21(14-17)30(3)27(33)29(20)2)34-26-24(32)19-6-4-5-7-22(19)35-25(26)16-8-11-18(28)12-9-16/h4-15H,1-3H3. The third-order valence-corrected chi connectivity index (χ3v) is 6.33. The van der Waals surface area contributed by atoms with Crippen LogP contribution in [0.3, 0.4) is 0 Å². The molecule has 5 rings (SSSR count). The van der Waals surface area contributed by atoms with Gasteiger partial charge in [0.1, 0.15) is 5.58 Å². The van der Waals surface area contributed by atoms with E-state index >= 15 is 0 Å². The maximum atomic E-state index is 13.4. The number of hydrogen-bond acceptors (Lipinski definition) is 5. The summed E-state index contributed by atoms with van der Waals surface area (Å²) in [5, 5.41) is 0.883. The smallest absolute Gasteiger partial charge is 0.328 e. The van der Waals surface area contributed by atoms with Crippen LogP contribution in [-0.4, -0.2) is 21.0 Å². The second-order valence-corrected chi connectivity index (χ2v) is 8.76. The van der Waals surface area contributed by atoms with Crippen LogP contribution in [0.1, 0.15) is 17.3 Å². The number of para-hydroxylation sites is 1. The zero-order valence-electron chi connectivity index (χ0n) is 19.2. The summed E-state index contributed by atoms with van der Waals surface area (Å²) in [5.74, 6) is -0.177. The summed E-state index contributed by atoms with van der Waals surface area (Å²) >= 11 is 6.03. The molecule has 176 valence electrons. The van der Waals surface area contributed by atoms with Crippen LogP contribution in [0, 0.1) is 0 Å². The van der Waals surface area contributed by atoms with E-state index < -0.39 is 6.10 Å². The topological polar surface area (TPSA) is 83.4 Å². The first-order chi connectivity index (χ1) is 16.8. The van der Waals surface area contributed by atoms with E-state index in [1.54, 1.807) is 87.7 Å². The molecule has 1 atom stereocenters. The molecule has 8 heteroatoms. The van der Waals surface area contributed by atoms with Crippen LogP contribution in [-0.2, 0) is 14.1 Å². The molecule has 0 aliphatic heterocycles. The SMILES string of the molecule is CC(Oc1c(-c2ccc(Cl)cc2)oc2ccccc2c1=O)C(=O)c1ccc2c(c1)n(C)c(=O)n2C. The second-order valence-electron chi connectivity index (χ2n) is 8.32. The molecule has 7 nitrogen and oxygen atoms in total. The summed E-state index contributed by atoms with van der Waals surface area (Å²) < 4.78 is 15.0. The minimum absolute atomic E-state index is 0.0555. The van der Waals surface area contributed by atoms with Gasteiger partial charge in [-0.05, 0) is 61.5 Å². The van der Waals surface area contributed by atoms with Crippen molar-refractivity contribution < 1.29 is 13.9 Å². The minimum Gasteiger partial charge on any atom is -0.475 e. The zero-order valence-corrected chi connectivity index (χ0v) is 20.0. The maximum Gasteiger partial charge on any atom is 0.328 e. The van der Waals surface area contributed by atoms with Crippen LogP contribution >= 0.6 is 11.6 Å². The summed E-state index contributed by atoms with van der Waals surface area (Å²) in [6, 6.07) is 18.7. The molecule has 0 N–H and O–H groups in total. The molecule has 2 heterocycles. The van der Waals surface area contributed by atoms with Crippen molar-refractivity contribution in [2.24, 2.45) is 14.1 Å². The Hall–Kier alpha value is -4.10. The molecule has 0 bridgehead atoms. The van der Waals surface area contributed by atoms with E-state index in [0.29, 0.717) is 38.2 Å². The van der Waals surface area contributed by atoms with E-state index in [9.17, 15) is 14.4 Å². The van der Waals surface area contributed by atoms with Crippen LogP contribution < -0.4 is 15.9 Å². The van der Waals surface area contributed by atoms with Gasteiger partial charge in [0.15, 0.2) is 11.9 Å². The Labute approximate surface area is 204 Å². The molecule has 0 spiro atoms. The van der Waals surface area contributed by atoms with E-state index in [1.807, 2.05) is 0 Å². The Morgan fingerprint density at radius 1 is 0.943 bits per heavy atom. The van der Waals surface area contributed by atoms with Crippen LogP contribution in [0.5, 0.6) is 5.75 Å². The lowest BCUT2D eigenvalue weighted by Gasteiger charge is -2.16. The van der Waals surface area contributed by atoms with Gasteiger partial charge in [-0.1, -0.05) is 23.7 Å². The van der Waals surface area contributed by atoms with Crippen LogP contribution in [0.25, 0.3) is 33.3 Å². The molecule has 0 aliphatic carbocycles. The first-order valence-corrected chi connectivity index (χ1v) is 11.3. The van der Waals surface area contributed by atoms with Crippen LogP contribution in [0.2, 0.25) is 5.02 Å². The van der Waals surface area contributed by atoms with Crippen molar-refractivity contribution in [1.82, 2.24) is 9.13 Å².